The molecule has 0 atom stereocenters. The van der Waals surface area contributed by atoms with Crippen LogP contribution in [0.5, 0.6) is 0 Å². The van der Waals surface area contributed by atoms with Crippen LogP contribution in [0.1, 0.15) is 5.56 Å². The number of rotatable bonds is 9. The minimum atomic E-state index is -0.810. The summed E-state index contributed by atoms with van der Waals surface area (Å²) in [6, 6.07) is 7.92. The van der Waals surface area contributed by atoms with Crippen molar-refractivity contribution >= 4 is 35.5 Å². The van der Waals surface area contributed by atoms with Crippen molar-refractivity contribution in [3.8, 4) is 0 Å². The van der Waals surface area contributed by atoms with Gasteiger partial charge in [-0.25, -0.2) is 0 Å². The van der Waals surface area contributed by atoms with Gasteiger partial charge in [-0.3, -0.25) is 19.4 Å². The highest BCUT2D eigenvalue weighted by Gasteiger charge is 2.15. The molecule has 1 aliphatic rings. The lowest BCUT2D eigenvalue weighted by molar-refractivity contribution is -0.138. The van der Waals surface area contributed by atoms with Crippen LogP contribution in [0.3, 0.4) is 0 Å². The van der Waals surface area contributed by atoms with Gasteiger partial charge < -0.3 is 20.1 Å². The maximum absolute atomic E-state index is 11.2. The molecule has 0 unspecified atom stereocenters. The fourth-order valence-corrected chi connectivity index (χ4v) is 3.52. The molecule has 31 heavy (non-hydrogen) atoms. The molecule has 0 saturated carbocycles. The lowest BCUT2D eigenvalue weighted by Gasteiger charge is -2.30. The number of hydrogen-bond donors (Lipinski definition) is 2. The fourth-order valence-electron chi connectivity index (χ4n) is 3.42. The van der Waals surface area contributed by atoms with E-state index in [1.807, 2.05) is 29.2 Å². The van der Waals surface area contributed by atoms with E-state index in [4.69, 9.17) is 4.74 Å². The number of aliphatic carboxylic acids is 1. The van der Waals surface area contributed by atoms with E-state index in [0.29, 0.717) is 26.1 Å². The molecule has 0 amide bonds. The largest absolute Gasteiger partial charge is 0.480 e. The zero-order valence-electron chi connectivity index (χ0n) is 17.7. The van der Waals surface area contributed by atoms with Crippen molar-refractivity contribution in [3.63, 3.8) is 0 Å². The number of thiocarbonyl (C=S) groups is 1. The Morgan fingerprint density at radius 1 is 1.10 bits per heavy atom. The number of ether oxygens (including phenoxy) is 1. The summed E-state index contributed by atoms with van der Waals surface area (Å²) in [5, 5.41) is 14.9. The predicted molar refractivity (Wildman–Crippen MR) is 122 cm³/mol. The number of carbonyl (C=O) groups is 2. The van der Waals surface area contributed by atoms with Crippen molar-refractivity contribution in [2.75, 3.05) is 72.2 Å². The Balaban J connectivity index is 1.99. The molecule has 2 rings (SSSR count). The highest BCUT2D eigenvalue weighted by atomic mass is 32.1. The van der Waals surface area contributed by atoms with E-state index >= 15 is 0 Å². The number of hydrogen-bond acceptors (Lipinski definition) is 9. The first-order valence-corrected chi connectivity index (χ1v) is 10.8. The van der Waals surface area contributed by atoms with Gasteiger partial charge >= 0.3 is 5.97 Å². The zero-order valence-corrected chi connectivity index (χ0v) is 18.6. The smallest absolute Gasteiger partial charge is 0.317 e. The minimum absolute atomic E-state index is 0.0384. The van der Waals surface area contributed by atoms with Crippen LogP contribution in [-0.2, 0) is 20.7 Å². The molecule has 0 aromatic heterocycles. The first kappa shape index (κ1) is 25.1. The third kappa shape index (κ3) is 10.6. The first-order chi connectivity index (χ1) is 15.1. The monoisotopic (exact) mass is 449 g/mol. The second-order valence-corrected chi connectivity index (χ2v) is 7.57. The number of aliphatic imine (C=N–C) groups is 1. The molecule has 1 fully saturated rings. The third-order valence-electron chi connectivity index (χ3n) is 5.19. The van der Waals surface area contributed by atoms with Crippen LogP contribution in [0.15, 0.2) is 29.3 Å². The summed E-state index contributed by atoms with van der Waals surface area (Å²) in [4.78, 5) is 32.2. The number of nitrogens with one attached hydrogen (secondary N) is 1. The number of carboxylic acids is 1. The maximum atomic E-state index is 11.2. The molecule has 1 heterocycles. The Bertz CT molecular complexity index is 727. The summed E-state index contributed by atoms with van der Waals surface area (Å²) in [6.07, 6.45) is 0.868. The molecule has 0 bridgehead atoms. The van der Waals surface area contributed by atoms with E-state index in [1.54, 1.807) is 0 Å². The lowest BCUT2D eigenvalue weighted by atomic mass is 10.1. The fraction of sp³-hybridized carbons (Fsp3) is 0.571. The minimum Gasteiger partial charge on any atom is -0.480 e. The molecule has 1 aromatic carbocycles. The normalized spacial score (nSPS) is 17.7. The van der Waals surface area contributed by atoms with Crippen molar-refractivity contribution in [3.05, 3.63) is 29.8 Å². The quantitative estimate of drug-likeness (QED) is 0.320. The summed E-state index contributed by atoms with van der Waals surface area (Å²) in [6.45, 7) is 7.53. The Labute approximate surface area is 188 Å². The maximum Gasteiger partial charge on any atom is 0.317 e. The van der Waals surface area contributed by atoms with E-state index in [9.17, 15) is 14.7 Å². The van der Waals surface area contributed by atoms with E-state index in [0.717, 1.165) is 51.4 Å². The molecule has 0 radical (unpaired) electrons. The highest BCUT2D eigenvalue weighted by Crippen LogP contribution is 2.13. The average Bonchev–Trinajstić information content (AvgIpc) is 2.75. The molecular formula is C21H31N5O4S. The van der Waals surface area contributed by atoms with Crippen molar-refractivity contribution in [2.24, 2.45) is 4.99 Å². The van der Waals surface area contributed by atoms with E-state index in [-0.39, 0.29) is 13.3 Å². The molecule has 170 valence electrons. The van der Waals surface area contributed by atoms with Crippen LogP contribution in [0.2, 0.25) is 0 Å². The summed E-state index contributed by atoms with van der Waals surface area (Å²) in [5.74, 6) is -0.810. The van der Waals surface area contributed by atoms with Gasteiger partial charge in [0.25, 0.3) is 6.47 Å². The van der Waals surface area contributed by atoms with Gasteiger partial charge in [-0.15, -0.1) is 0 Å². The molecule has 1 aromatic rings. The van der Waals surface area contributed by atoms with Gasteiger partial charge in [-0.2, -0.15) is 4.99 Å². The predicted octanol–water partition coefficient (Wildman–Crippen LogP) is 0.688. The van der Waals surface area contributed by atoms with E-state index in [1.165, 1.54) is 5.56 Å². The Kier molecular flexibility index (Phi) is 11.9. The van der Waals surface area contributed by atoms with Crippen molar-refractivity contribution < 1.29 is 19.4 Å². The Morgan fingerprint density at radius 3 is 2.39 bits per heavy atom. The van der Waals surface area contributed by atoms with E-state index < -0.39 is 5.97 Å². The molecule has 1 aliphatic heterocycles. The SMILES string of the molecule is O=COCN1CCNCCN(CC(=O)O)CCN(CCc2ccc(N=C=S)cc2)CC1. The van der Waals surface area contributed by atoms with Crippen LogP contribution >= 0.6 is 12.2 Å². The first-order valence-electron chi connectivity index (χ1n) is 10.4. The van der Waals surface area contributed by atoms with Crippen LogP contribution in [0.25, 0.3) is 0 Å². The number of isothiocyanates is 1. The molecule has 0 aliphatic carbocycles. The summed E-state index contributed by atoms with van der Waals surface area (Å²) in [7, 11) is 0. The van der Waals surface area contributed by atoms with Crippen LogP contribution < -0.4 is 5.32 Å². The molecule has 10 heteroatoms. The van der Waals surface area contributed by atoms with Gasteiger partial charge in [0, 0.05) is 58.9 Å². The summed E-state index contributed by atoms with van der Waals surface area (Å²) < 4.78 is 4.96. The van der Waals surface area contributed by atoms with Crippen LogP contribution in [0, 0.1) is 0 Å². The third-order valence-corrected chi connectivity index (χ3v) is 5.28. The van der Waals surface area contributed by atoms with Gasteiger partial charge in [-0.1, -0.05) is 12.1 Å². The Hall–Kier alpha value is -2.20. The van der Waals surface area contributed by atoms with Gasteiger partial charge in [0.1, 0.15) is 6.73 Å². The number of carboxylic acid groups (broad SMARTS) is 1. The van der Waals surface area contributed by atoms with Crippen molar-refractivity contribution in [1.29, 1.82) is 0 Å². The van der Waals surface area contributed by atoms with E-state index in [2.05, 4.69) is 37.5 Å². The van der Waals surface area contributed by atoms with Gasteiger partial charge in [-0.05, 0) is 36.3 Å². The standard InChI is InChI=1S/C21H31N5O4S/c27-18-30-17-26-10-7-22-6-9-25(15-21(28)29)13-11-24(12-14-26)8-5-19-1-3-20(4-2-19)23-16-31/h1-4,18,22H,5-15,17H2,(H,28,29). The van der Waals surface area contributed by atoms with Crippen LogP contribution in [-0.4, -0.2) is 110 Å². The lowest BCUT2D eigenvalue weighted by Crippen LogP contribution is -2.46. The molecule has 1 saturated heterocycles. The van der Waals surface area contributed by atoms with Crippen molar-refractivity contribution in [1.82, 2.24) is 20.0 Å². The van der Waals surface area contributed by atoms with Crippen LogP contribution in [0.4, 0.5) is 5.69 Å². The van der Waals surface area contributed by atoms with Gasteiger partial charge in [0.2, 0.25) is 0 Å². The second kappa shape index (κ2) is 14.7. The molecular weight excluding hydrogens is 418 g/mol. The number of nitrogens with zero attached hydrogens (tertiary/aromatic N) is 4. The average molecular weight is 450 g/mol. The summed E-state index contributed by atoms with van der Waals surface area (Å²) in [5.41, 5.74) is 1.98. The van der Waals surface area contributed by atoms with Gasteiger partial charge in [0.15, 0.2) is 0 Å². The molecule has 9 nitrogen and oxygen atoms in total. The topological polar surface area (TPSA) is 97.7 Å². The second-order valence-electron chi connectivity index (χ2n) is 7.39. The van der Waals surface area contributed by atoms with Gasteiger partial charge in [0.05, 0.1) is 17.4 Å². The Morgan fingerprint density at radius 2 is 1.74 bits per heavy atom. The van der Waals surface area contributed by atoms with Crippen molar-refractivity contribution in [2.45, 2.75) is 6.42 Å². The number of carbonyl (C=O) groups excluding carboxylic acids is 1. The number of benzene rings is 1. The molecule has 2 N–H and O–H groups in total. The molecule has 0 spiro atoms. The zero-order chi connectivity index (χ0) is 22.3. The summed E-state index contributed by atoms with van der Waals surface area (Å²) >= 11 is 4.64. The highest BCUT2D eigenvalue weighted by molar-refractivity contribution is 7.78.